The Labute approximate surface area is 186 Å². The van der Waals surface area contributed by atoms with E-state index in [0.717, 1.165) is 19.4 Å². The number of carbonyl (C=O) groups excluding carboxylic acids is 1. The van der Waals surface area contributed by atoms with Crippen LogP contribution in [0.1, 0.15) is 19.8 Å². The van der Waals surface area contributed by atoms with E-state index in [0.29, 0.717) is 24.6 Å². The van der Waals surface area contributed by atoms with Crippen LogP contribution in [0.25, 0.3) is 0 Å². The lowest BCUT2D eigenvalue weighted by Crippen LogP contribution is -2.35. The molecule has 1 atom stereocenters. The van der Waals surface area contributed by atoms with Gasteiger partial charge in [0, 0.05) is 18.8 Å². The van der Waals surface area contributed by atoms with Crippen molar-refractivity contribution < 1.29 is 27.4 Å². The lowest BCUT2D eigenvalue weighted by atomic mass is 10.2. The highest BCUT2D eigenvalue weighted by Gasteiger charge is 2.18. The van der Waals surface area contributed by atoms with Crippen LogP contribution < -0.4 is 19.5 Å². The fourth-order valence-corrected chi connectivity index (χ4v) is 4.38. The molecule has 1 fully saturated rings. The summed E-state index contributed by atoms with van der Waals surface area (Å²) in [7, 11) is -3.85. The summed E-state index contributed by atoms with van der Waals surface area (Å²) in [6.45, 7) is 3.31. The van der Waals surface area contributed by atoms with Gasteiger partial charge in [0.1, 0.15) is 11.5 Å². The van der Waals surface area contributed by atoms with E-state index in [1.165, 1.54) is 18.2 Å². The van der Waals surface area contributed by atoms with Crippen LogP contribution in [0.5, 0.6) is 11.5 Å². The number of hydrogen-bond donors (Lipinski definition) is 2. The predicted octanol–water partition coefficient (Wildman–Crippen LogP) is 3.21. The van der Waals surface area contributed by atoms with Crippen LogP contribution in [0.2, 0.25) is 5.02 Å². The van der Waals surface area contributed by atoms with Gasteiger partial charge in [-0.25, -0.2) is 8.42 Å². The number of ether oxygens (including phenoxy) is 3. The maximum atomic E-state index is 12.6. The van der Waals surface area contributed by atoms with Gasteiger partial charge >= 0.3 is 0 Å². The molecule has 10 heteroatoms. The summed E-state index contributed by atoms with van der Waals surface area (Å²) in [6, 6.07) is 10.6. The van der Waals surface area contributed by atoms with Crippen molar-refractivity contribution in [1.82, 2.24) is 5.32 Å². The maximum Gasteiger partial charge on any atom is 0.261 e. The Morgan fingerprint density at radius 2 is 1.97 bits per heavy atom. The second-order valence-electron chi connectivity index (χ2n) is 6.88. The normalized spacial score (nSPS) is 16.0. The molecule has 0 unspecified atom stereocenters. The zero-order chi connectivity index (χ0) is 22.3. The summed E-state index contributed by atoms with van der Waals surface area (Å²) in [5.74, 6) is 0.559. The Kier molecular flexibility index (Phi) is 8.00. The maximum absolute atomic E-state index is 12.6. The third kappa shape index (κ3) is 6.75. The second-order valence-corrected chi connectivity index (χ2v) is 8.97. The number of nitrogens with one attached hydrogen (secondary N) is 2. The molecule has 1 heterocycles. The molecule has 0 aliphatic carbocycles. The zero-order valence-corrected chi connectivity index (χ0v) is 18.7. The Morgan fingerprint density at radius 3 is 2.61 bits per heavy atom. The average Bonchev–Trinajstić information content (AvgIpc) is 3.26. The van der Waals surface area contributed by atoms with E-state index < -0.39 is 10.0 Å². The fraction of sp³-hybridized carbons (Fsp3) is 0.381. The lowest BCUT2D eigenvalue weighted by Gasteiger charge is -2.13. The van der Waals surface area contributed by atoms with Crippen LogP contribution >= 0.6 is 11.6 Å². The summed E-state index contributed by atoms with van der Waals surface area (Å²) in [6.07, 6.45) is 1.96. The molecule has 2 aromatic carbocycles. The smallest absolute Gasteiger partial charge is 0.261 e. The number of sulfonamides is 1. The van der Waals surface area contributed by atoms with E-state index in [1.807, 2.05) is 6.92 Å². The average molecular weight is 469 g/mol. The van der Waals surface area contributed by atoms with Gasteiger partial charge in [0.05, 0.1) is 22.6 Å². The highest BCUT2D eigenvalue weighted by molar-refractivity contribution is 7.92. The largest absolute Gasteiger partial charge is 0.494 e. The van der Waals surface area contributed by atoms with Gasteiger partial charge in [0.2, 0.25) is 0 Å². The monoisotopic (exact) mass is 468 g/mol. The summed E-state index contributed by atoms with van der Waals surface area (Å²) < 4.78 is 44.0. The molecule has 1 aliphatic rings. The first kappa shape index (κ1) is 23.2. The van der Waals surface area contributed by atoms with E-state index in [-0.39, 0.29) is 34.3 Å². The van der Waals surface area contributed by atoms with Gasteiger partial charge < -0.3 is 19.5 Å². The van der Waals surface area contributed by atoms with Gasteiger partial charge in [-0.2, -0.15) is 0 Å². The summed E-state index contributed by atoms with van der Waals surface area (Å²) in [5.41, 5.74) is 0.391. The van der Waals surface area contributed by atoms with Crippen molar-refractivity contribution in [3.63, 3.8) is 0 Å². The van der Waals surface area contributed by atoms with Crippen LogP contribution in [-0.4, -0.2) is 46.8 Å². The third-order valence-corrected chi connectivity index (χ3v) is 6.22. The van der Waals surface area contributed by atoms with Crippen molar-refractivity contribution in [2.45, 2.75) is 30.8 Å². The van der Waals surface area contributed by atoms with E-state index >= 15 is 0 Å². The van der Waals surface area contributed by atoms with Crippen molar-refractivity contribution in [3.05, 3.63) is 47.5 Å². The van der Waals surface area contributed by atoms with E-state index in [2.05, 4.69) is 10.0 Å². The van der Waals surface area contributed by atoms with E-state index in [9.17, 15) is 13.2 Å². The Balaban J connectivity index is 1.56. The summed E-state index contributed by atoms with van der Waals surface area (Å²) in [4.78, 5) is 11.9. The number of rotatable bonds is 10. The number of carbonyl (C=O) groups is 1. The zero-order valence-electron chi connectivity index (χ0n) is 17.1. The molecule has 2 aromatic rings. The van der Waals surface area contributed by atoms with Crippen LogP contribution in [-0.2, 0) is 19.6 Å². The fourth-order valence-electron chi connectivity index (χ4n) is 2.99. The highest BCUT2D eigenvalue weighted by atomic mass is 35.5. The van der Waals surface area contributed by atoms with E-state index in [4.69, 9.17) is 25.8 Å². The number of halogens is 1. The van der Waals surface area contributed by atoms with Gasteiger partial charge in [-0.3, -0.25) is 9.52 Å². The topological polar surface area (TPSA) is 103 Å². The quantitative estimate of drug-likeness (QED) is 0.555. The second kappa shape index (κ2) is 10.7. The van der Waals surface area contributed by atoms with Gasteiger partial charge in [0.25, 0.3) is 15.9 Å². The van der Waals surface area contributed by atoms with E-state index in [1.54, 1.807) is 24.3 Å². The van der Waals surface area contributed by atoms with Gasteiger partial charge in [-0.05, 0) is 62.2 Å². The standard InChI is InChI=1S/C21H25ClN2O6S/c1-2-28-16-7-5-15(6-8-16)24-31(26,27)18-9-10-20(19(22)12-18)30-14-21(25)23-13-17-4-3-11-29-17/h5-10,12,17,24H,2-4,11,13-14H2,1H3,(H,23,25)/t17-/m0/s1. The Morgan fingerprint density at radius 1 is 1.19 bits per heavy atom. The minimum Gasteiger partial charge on any atom is -0.494 e. The highest BCUT2D eigenvalue weighted by Crippen LogP contribution is 2.28. The molecular weight excluding hydrogens is 444 g/mol. The summed E-state index contributed by atoms with van der Waals surface area (Å²) in [5, 5.41) is 2.83. The lowest BCUT2D eigenvalue weighted by molar-refractivity contribution is -0.123. The molecule has 0 radical (unpaired) electrons. The molecule has 31 heavy (non-hydrogen) atoms. The van der Waals surface area contributed by atoms with Crippen molar-refractivity contribution in [2.24, 2.45) is 0 Å². The molecule has 2 N–H and O–H groups in total. The number of benzene rings is 2. The van der Waals surface area contributed by atoms with Gasteiger partial charge in [0.15, 0.2) is 6.61 Å². The first-order valence-corrected chi connectivity index (χ1v) is 11.8. The number of amides is 1. The van der Waals surface area contributed by atoms with Crippen molar-refractivity contribution in [2.75, 3.05) is 31.1 Å². The van der Waals surface area contributed by atoms with Crippen molar-refractivity contribution in [3.8, 4) is 11.5 Å². The Hall–Kier alpha value is -2.49. The van der Waals surface area contributed by atoms with Crippen LogP contribution in [0.15, 0.2) is 47.4 Å². The molecule has 0 bridgehead atoms. The number of anilines is 1. The molecule has 0 saturated carbocycles. The molecule has 168 valence electrons. The first-order chi connectivity index (χ1) is 14.9. The molecule has 0 aromatic heterocycles. The van der Waals surface area contributed by atoms with Gasteiger partial charge in [-0.15, -0.1) is 0 Å². The van der Waals surface area contributed by atoms with Crippen molar-refractivity contribution >= 4 is 33.2 Å². The number of hydrogen-bond acceptors (Lipinski definition) is 6. The minimum atomic E-state index is -3.85. The molecule has 1 aliphatic heterocycles. The SMILES string of the molecule is CCOc1ccc(NS(=O)(=O)c2ccc(OCC(=O)NC[C@@H]3CCCO3)c(Cl)c2)cc1. The minimum absolute atomic E-state index is 0.0263. The first-order valence-electron chi connectivity index (χ1n) is 9.93. The molecule has 8 nitrogen and oxygen atoms in total. The van der Waals surface area contributed by atoms with Gasteiger partial charge in [-0.1, -0.05) is 11.6 Å². The van der Waals surface area contributed by atoms with Crippen molar-refractivity contribution in [1.29, 1.82) is 0 Å². The summed E-state index contributed by atoms with van der Waals surface area (Å²) >= 11 is 6.17. The molecule has 3 rings (SSSR count). The molecule has 1 saturated heterocycles. The molecule has 0 spiro atoms. The van der Waals surface area contributed by atoms with Crippen LogP contribution in [0.3, 0.4) is 0 Å². The Bertz CT molecular complexity index is 991. The molecular formula is C21H25ClN2O6S. The third-order valence-electron chi connectivity index (χ3n) is 4.54. The molecule has 1 amide bonds. The van der Waals surface area contributed by atoms with Crippen LogP contribution in [0, 0.1) is 0 Å². The van der Waals surface area contributed by atoms with Crippen LogP contribution in [0.4, 0.5) is 5.69 Å². The predicted molar refractivity (Wildman–Crippen MR) is 117 cm³/mol.